The summed E-state index contributed by atoms with van der Waals surface area (Å²) in [5.41, 5.74) is 1.89. The summed E-state index contributed by atoms with van der Waals surface area (Å²) in [5.74, 6) is 1.02. The highest BCUT2D eigenvalue weighted by molar-refractivity contribution is 5.77. The summed E-state index contributed by atoms with van der Waals surface area (Å²) < 4.78 is 1.62. The Balaban J connectivity index is 1.61. The van der Waals surface area contributed by atoms with Gasteiger partial charge in [-0.15, -0.1) is 5.10 Å². The fourth-order valence-electron chi connectivity index (χ4n) is 2.60. The number of hydrogen-bond acceptors (Lipinski definition) is 5. The van der Waals surface area contributed by atoms with Crippen LogP contribution in [0.1, 0.15) is 38.6 Å². The smallest absolute Gasteiger partial charge is 0.220 e. The van der Waals surface area contributed by atoms with Crippen molar-refractivity contribution in [3.05, 3.63) is 36.4 Å². The van der Waals surface area contributed by atoms with Crippen LogP contribution in [0.2, 0.25) is 0 Å². The topological polar surface area (TPSA) is 101 Å². The first-order valence-corrected chi connectivity index (χ1v) is 8.08. The molecule has 1 unspecified atom stereocenters. The number of aryl methyl sites for hydroxylation is 1. The Morgan fingerprint density at radius 1 is 1.33 bits per heavy atom. The van der Waals surface area contributed by atoms with Crippen LogP contribution in [0.4, 0.5) is 0 Å². The third-order valence-corrected chi connectivity index (χ3v) is 3.87. The number of aromatic nitrogens is 6. The highest BCUT2D eigenvalue weighted by atomic mass is 16.1. The number of nitrogens with one attached hydrogen (secondary N) is 2. The van der Waals surface area contributed by atoms with Crippen molar-refractivity contribution in [2.45, 2.75) is 39.3 Å². The van der Waals surface area contributed by atoms with Crippen LogP contribution in [0.3, 0.4) is 0 Å². The second-order valence-corrected chi connectivity index (χ2v) is 6.10. The third kappa shape index (κ3) is 3.76. The van der Waals surface area contributed by atoms with E-state index in [0.717, 1.165) is 16.9 Å². The maximum atomic E-state index is 12.3. The molecule has 2 aromatic heterocycles. The summed E-state index contributed by atoms with van der Waals surface area (Å²) in [4.78, 5) is 20.2. The zero-order valence-corrected chi connectivity index (χ0v) is 13.8. The number of imidazole rings is 1. The molecule has 0 radical (unpaired) electrons. The van der Waals surface area contributed by atoms with Crippen LogP contribution in [0.25, 0.3) is 11.0 Å². The Morgan fingerprint density at radius 3 is 2.88 bits per heavy atom. The number of para-hydroxylation sites is 2. The van der Waals surface area contributed by atoms with Gasteiger partial charge in [0.1, 0.15) is 12.2 Å². The molecule has 2 heterocycles. The third-order valence-electron chi connectivity index (χ3n) is 3.87. The number of H-pyrrole nitrogens is 1. The van der Waals surface area contributed by atoms with Gasteiger partial charge in [-0.25, -0.2) is 9.67 Å². The Kier molecular flexibility index (Phi) is 4.83. The number of tetrazole rings is 1. The van der Waals surface area contributed by atoms with E-state index in [1.807, 2.05) is 24.3 Å². The maximum Gasteiger partial charge on any atom is 0.220 e. The molecule has 1 amide bonds. The van der Waals surface area contributed by atoms with Crippen LogP contribution in [-0.4, -0.2) is 36.1 Å². The summed E-state index contributed by atoms with van der Waals surface area (Å²) in [7, 11) is 0. The molecule has 1 aromatic carbocycles. The molecule has 0 aliphatic heterocycles. The van der Waals surface area contributed by atoms with Gasteiger partial charge in [0, 0.05) is 13.0 Å². The fourth-order valence-corrected chi connectivity index (χ4v) is 2.60. The Morgan fingerprint density at radius 2 is 2.17 bits per heavy atom. The summed E-state index contributed by atoms with van der Waals surface area (Å²) in [6.45, 7) is 4.76. The van der Waals surface area contributed by atoms with Gasteiger partial charge in [-0.1, -0.05) is 26.0 Å². The molecule has 8 heteroatoms. The van der Waals surface area contributed by atoms with Gasteiger partial charge in [-0.3, -0.25) is 4.79 Å². The van der Waals surface area contributed by atoms with Crippen LogP contribution < -0.4 is 5.32 Å². The lowest BCUT2D eigenvalue weighted by Gasteiger charge is -2.20. The number of nitrogens with zero attached hydrogens (tertiary/aromatic N) is 5. The van der Waals surface area contributed by atoms with Crippen molar-refractivity contribution in [2.75, 3.05) is 0 Å². The van der Waals surface area contributed by atoms with Gasteiger partial charge in [0.15, 0.2) is 0 Å². The Labute approximate surface area is 139 Å². The molecular weight excluding hydrogens is 306 g/mol. The molecule has 0 spiro atoms. The van der Waals surface area contributed by atoms with Crippen molar-refractivity contribution in [3.8, 4) is 0 Å². The molecule has 0 fully saturated rings. The molecule has 0 saturated carbocycles. The largest absolute Gasteiger partial charge is 0.346 e. The number of rotatable bonds is 7. The van der Waals surface area contributed by atoms with E-state index in [0.29, 0.717) is 19.4 Å². The summed E-state index contributed by atoms with van der Waals surface area (Å²) in [6.07, 6.45) is 2.65. The molecule has 126 valence electrons. The standard InChI is InChI=1S/C16H21N7O/c1-11(2)15(16-18-12-6-3-4-7-13(12)19-16)20-14(24)8-5-9-23-10-17-21-22-23/h3-4,6-7,10-11,15H,5,8-9H2,1-2H3,(H,18,19)(H,20,24). The van der Waals surface area contributed by atoms with E-state index < -0.39 is 0 Å². The first-order valence-electron chi connectivity index (χ1n) is 8.08. The molecule has 2 N–H and O–H groups in total. The van der Waals surface area contributed by atoms with Crippen molar-refractivity contribution < 1.29 is 4.79 Å². The monoisotopic (exact) mass is 327 g/mol. The van der Waals surface area contributed by atoms with Crippen molar-refractivity contribution in [3.63, 3.8) is 0 Å². The van der Waals surface area contributed by atoms with Crippen LogP contribution >= 0.6 is 0 Å². The predicted octanol–water partition coefficient (Wildman–Crippen LogP) is 1.84. The van der Waals surface area contributed by atoms with E-state index in [1.165, 1.54) is 0 Å². The average molecular weight is 327 g/mol. The van der Waals surface area contributed by atoms with E-state index in [9.17, 15) is 4.79 Å². The van der Waals surface area contributed by atoms with Gasteiger partial charge < -0.3 is 10.3 Å². The van der Waals surface area contributed by atoms with Gasteiger partial charge in [-0.05, 0) is 34.9 Å². The van der Waals surface area contributed by atoms with Crippen molar-refractivity contribution in [2.24, 2.45) is 5.92 Å². The van der Waals surface area contributed by atoms with Gasteiger partial charge in [0.25, 0.3) is 0 Å². The van der Waals surface area contributed by atoms with Crippen LogP contribution in [0.15, 0.2) is 30.6 Å². The summed E-state index contributed by atoms with van der Waals surface area (Å²) >= 11 is 0. The minimum absolute atomic E-state index is 0.00207. The highest BCUT2D eigenvalue weighted by Gasteiger charge is 2.21. The van der Waals surface area contributed by atoms with Crippen LogP contribution in [0, 0.1) is 5.92 Å². The van der Waals surface area contributed by atoms with Crippen molar-refractivity contribution in [1.29, 1.82) is 0 Å². The lowest BCUT2D eigenvalue weighted by Crippen LogP contribution is -2.32. The van der Waals surface area contributed by atoms with Gasteiger partial charge >= 0.3 is 0 Å². The molecule has 0 saturated heterocycles. The average Bonchev–Trinajstić information content (AvgIpc) is 3.21. The van der Waals surface area contributed by atoms with E-state index >= 15 is 0 Å². The van der Waals surface area contributed by atoms with Crippen molar-refractivity contribution >= 4 is 16.9 Å². The maximum absolute atomic E-state index is 12.3. The predicted molar refractivity (Wildman–Crippen MR) is 88.9 cm³/mol. The zero-order valence-electron chi connectivity index (χ0n) is 13.8. The lowest BCUT2D eigenvalue weighted by atomic mass is 10.0. The number of carbonyl (C=O) groups is 1. The number of carbonyl (C=O) groups excluding carboxylic acids is 1. The molecule has 3 aromatic rings. The molecule has 0 aliphatic carbocycles. The number of aromatic amines is 1. The number of amides is 1. The first-order chi connectivity index (χ1) is 11.6. The summed E-state index contributed by atoms with van der Waals surface area (Å²) in [5, 5.41) is 14.0. The summed E-state index contributed by atoms with van der Waals surface area (Å²) in [6, 6.07) is 7.72. The number of benzene rings is 1. The Bertz CT molecular complexity index is 761. The molecule has 3 rings (SSSR count). The zero-order chi connectivity index (χ0) is 16.9. The first kappa shape index (κ1) is 16.1. The van der Waals surface area contributed by atoms with Crippen molar-refractivity contribution in [1.82, 2.24) is 35.5 Å². The molecule has 8 nitrogen and oxygen atoms in total. The lowest BCUT2D eigenvalue weighted by molar-refractivity contribution is -0.122. The molecule has 0 aliphatic rings. The molecule has 24 heavy (non-hydrogen) atoms. The number of hydrogen-bond donors (Lipinski definition) is 2. The van der Waals surface area contributed by atoms with E-state index in [4.69, 9.17) is 0 Å². The SMILES string of the molecule is CC(C)C(NC(=O)CCCn1cnnn1)c1nc2ccccc2[nH]1. The highest BCUT2D eigenvalue weighted by Crippen LogP contribution is 2.22. The minimum atomic E-state index is -0.141. The quantitative estimate of drug-likeness (QED) is 0.689. The van der Waals surface area contributed by atoms with Gasteiger partial charge in [0.2, 0.25) is 5.91 Å². The van der Waals surface area contributed by atoms with E-state index in [-0.39, 0.29) is 17.9 Å². The minimum Gasteiger partial charge on any atom is -0.346 e. The second kappa shape index (κ2) is 7.20. The normalized spacial score (nSPS) is 12.6. The van der Waals surface area contributed by atoms with Crippen LogP contribution in [0.5, 0.6) is 0 Å². The molecule has 1 atom stereocenters. The number of fused-ring (bicyclic) bond motifs is 1. The van der Waals surface area contributed by atoms with E-state index in [1.54, 1.807) is 11.0 Å². The van der Waals surface area contributed by atoms with Gasteiger partial charge in [0.05, 0.1) is 17.1 Å². The second-order valence-electron chi connectivity index (χ2n) is 6.10. The van der Waals surface area contributed by atoms with E-state index in [2.05, 4.69) is 44.7 Å². The van der Waals surface area contributed by atoms with Crippen LogP contribution in [-0.2, 0) is 11.3 Å². The fraction of sp³-hybridized carbons (Fsp3) is 0.438. The molecular formula is C16H21N7O. The molecule has 0 bridgehead atoms. The Hall–Kier alpha value is -2.77. The van der Waals surface area contributed by atoms with Gasteiger partial charge in [-0.2, -0.15) is 0 Å².